The molecule has 2 aromatic rings. The fourth-order valence-corrected chi connectivity index (χ4v) is 2.78. The Labute approximate surface area is 132 Å². The molecule has 0 fully saturated rings. The van der Waals surface area contributed by atoms with Crippen molar-refractivity contribution in [3.63, 3.8) is 0 Å². The van der Waals surface area contributed by atoms with E-state index in [0.717, 1.165) is 22.1 Å². The van der Waals surface area contributed by atoms with E-state index in [-0.39, 0.29) is 11.8 Å². The molecule has 1 N–H and O–H groups in total. The summed E-state index contributed by atoms with van der Waals surface area (Å²) in [6.07, 6.45) is 0.839. The SMILES string of the molecule is CCC(Nc1nnc(C(C)C)s1)c1ccc(OC(F)F)cc1. The predicted molar refractivity (Wildman–Crippen MR) is 83.7 cm³/mol. The van der Waals surface area contributed by atoms with Gasteiger partial charge in [-0.3, -0.25) is 0 Å². The number of halogens is 2. The first-order valence-corrected chi connectivity index (χ1v) is 7.96. The molecule has 120 valence electrons. The van der Waals surface area contributed by atoms with Crippen LogP contribution in [0.1, 0.15) is 49.7 Å². The predicted octanol–water partition coefficient (Wildman–Crippen LogP) is 4.83. The van der Waals surface area contributed by atoms with Crippen LogP contribution in [0.5, 0.6) is 5.75 Å². The molecule has 0 amide bonds. The van der Waals surface area contributed by atoms with Gasteiger partial charge in [0.05, 0.1) is 6.04 Å². The van der Waals surface area contributed by atoms with Gasteiger partial charge < -0.3 is 10.1 Å². The molecule has 0 aliphatic carbocycles. The van der Waals surface area contributed by atoms with E-state index in [1.54, 1.807) is 24.3 Å². The normalized spacial score (nSPS) is 12.7. The summed E-state index contributed by atoms with van der Waals surface area (Å²) in [7, 11) is 0. The van der Waals surface area contributed by atoms with Gasteiger partial charge in [0.25, 0.3) is 0 Å². The Balaban J connectivity index is 2.07. The fraction of sp³-hybridized carbons (Fsp3) is 0.467. The summed E-state index contributed by atoms with van der Waals surface area (Å²) in [5.41, 5.74) is 0.991. The van der Waals surface area contributed by atoms with Gasteiger partial charge in [0, 0.05) is 5.92 Å². The minimum atomic E-state index is -2.80. The number of hydrogen-bond donors (Lipinski definition) is 1. The van der Waals surface area contributed by atoms with Gasteiger partial charge in [-0.05, 0) is 24.1 Å². The lowest BCUT2D eigenvalue weighted by Gasteiger charge is -2.16. The number of ether oxygens (including phenoxy) is 1. The smallest absolute Gasteiger partial charge is 0.387 e. The van der Waals surface area contributed by atoms with Crippen LogP contribution in [0.4, 0.5) is 13.9 Å². The number of rotatable bonds is 7. The third kappa shape index (κ3) is 4.37. The Morgan fingerprint density at radius 2 is 1.86 bits per heavy atom. The van der Waals surface area contributed by atoms with E-state index in [1.165, 1.54) is 11.3 Å². The van der Waals surface area contributed by atoms with Gasteiger partial charge in [0.1, 0.15) is 10.8 Å². The van der Waals surface area contributed by atoms with Crippen molar-refractivity contribution in [2.24, 2.45) is 0 Å². The first kappa shape index (κ1) is 16.6. The van der Waals surface area contributed by atoms with Gasteiger partial charge in [-0.15, -0.1) is 10.2 Å². The van der Waals surface area contributed by atoms with Crippen LogP contribution in [0, 0.1) is 0 Å². The molecule has 1 unspecified atom stereocenters. The Hall–Kier alpha value is -1.76. The van der Waals surface area contributed by atoms with E-state index in [1.807, 2.05) is 6.92 Å². The van der Waals surface area contributed by atoms with Gasteiger partial charge >= 0.3 is 6.61 Å². The Kier molecular flexibility index (Phi) is 5.65. The molecule has 2 rings (SSSR count). The molecule has 0 aliphatic rings. The molecule has 1 heterocycles. The molecule has 0 radical (unpaired) electrons. The summed E-state index contributed by atoms with van der Waals surface area (Å²) in [6, 6.07) is 6.71. The second-order valence-corrected chi connectivity index (χ2v) is 6.16. The third-order valence-electron chi connectivity index (χ3n) is 3.15. The molecule has 0 saturated carbocycles. The lowest BCUT2D eigenvalue weighted by atomic mass is 10.0. The minimum absolute atomic E-state index is 0.0496. The van der Waals surface area contributed by atoms with Gasteiger partial charge in [-0.2, -0.15) is 8.78 Å². The van der Waals surface area contributed by atoms with Crippen LogP contribution >= 0.6 is 11.3 Å². The quantitative estimate of drug-likeness (QED) is 0.791. The molecule has 22 heavy (non-hydrogen) atoms. The van der Waals surface area contributed by atoms with E-state index >= 15 is 0 Å². The number of hydrogen-bond acceptors (Lipinski definition) is 5. The molecular formula is C15H19F2N3OS. The molecular weight excluding hydrogens is 308 g/mol. The van der Waals surface area contributed by atoms with Crippen molar-refractivity contribution in [2.45, 2.75) is 45.8 Å². The van der Waals surface area contributed by atoms with Crippen LogP contribution in [-0.4, -0.2) is 16.8 Å². The average Bonchev–Trinajstić information content (AvgIpc) is 2.94. The zero-order valence-corrected chi connectivity index (χ0v) is 13.5. The van der Waals surface area contributed by atoms with E-state index in [4.69, 9.17) is 0 Å². The van der Waals surface area contributed by atoms with E-state index in [2.05, 4.69) is 34.1 Å². The van der Waals surface area contributed by atoms with E-state index in [0.29, 0.717) is 5.92 Å². The molecule has 0 bridgehead atoms. The minimum Gasteiger partial charge on any atom is -0.435 e. The summed E-state index contributed by atoms with van der Waals surface area (Å²) < 4.78 is 28.7. The standard InChI is InChI=1S/C15H19F2N3OS/c1-4-12(18-15-20-19-13(22-15)9(2)3)10-5-7-11(8-6-10)21-14(16)17/h5-9,12,14H,4H2,1-3H3,(H,18,20). The van der Waals surface area contributed by atoms with Gasteiger partial charge in [-0.1, -0.05) is 44.2 Å². The summed E-state index contributed by atoms with van der Waals surface area (Å²) in [5.74, 6) is 0.505. The molecule has 4 nitrogen and oxygen atoms in total. The molecule has 0 saturated heterocycles. The Morgan fingerprint density at radius 1 is 1.18 bits per heavy atom. The average molecular weight is 327 g/mol. The van der Waals surface area contributed by atoms with Crippen LogP contribution in [0.2, 0.25) is 0 Å². The monoisotopic (exact) mass is 327 g/mol. The Bertz CT molecular complexity index is 587. The highest BCUT2D eigenvalue weighted by Gasteiger charge is 2.14. The number of nitrogens with zero attached hydrogens (tertiary/aromatic N) is 2. The molecule has 1 atom stereocenters. The second kappa shape index (κ2) is 7.49. The summed E-state index contributed by atoms with van der Waals surface area (Å²) in [4.78, 5) is 0. The highest BCUT2D eigenvalue weighted by atomic mass is 32.1. The van der Waals surface area contributed by atoms with Crippen LogP contribution in [-0.2, 0) is 0 Å². The number of alkyl halides is 2. The molecule has 1 aromatic heterocycles. The molecule has 7 heteroatoms. The van der Waals surface area contributed by atoms with Gasteiger partial charge in [0.15, 0.2) is 0 Å². The van der Waals surface area contributed by atoms with Crippen LogP contribution in [0.15, 0.2) is 24.3 Å². The maximum atomic E-state index is 12.2. The largest absolute Gasteiger partial charge is 0.435 e. The lowest BCUT2D eigenvalue weighted by Crippen LogP contribution is -2.09. The second-order valence-electron chi connectivity index (χ2n) is 5.15. The highest BCUT2D eigenvalue weighted by Crippen LogP contribution is 2.28. The maximum Gasteiger partial charge on any atom is 0.387 e. The van der Waals surface area contributed by atoms with E-state index < -0.39 is 6.61 Å². The van der Waals surface area contributed by atoms with Crippen molar-refractivity contribution in [1.82, 2.24) is 10.2 Å². The Morgan fingerprint density at radius 3 is 2.36 bits per heavy atom. The third-order valence-corrected chi connectivity index (χ3v) is 4.30. The van der Waals surface area contributed by atoms with Crippen LogP contribution < -0.4 is 10.1 Å². The number of nitrogens with one attached hydrogen (secondary N) is 1. The molecule has 0 spiro atoms. The topological polar surface area (TPSA) is 47.0 Å². The van der Waals surface area contributed by atoms with Crippen LogP contribution in [0.25, 0.3) is 0 Å². The van der Waals surface area contributed by atoms with Crippen LogP contribution in [0.3, 0.4) is 0 Å². The van der Waals surface area contributed by atoms with Gasteiger partial charge in [-0.25, -0.2) is 0 Å². The van der Waals surface area contributed by atoms with Crippen molar-refractivity contribution in [3.8, 4) is 5.75 Å². The number of aromatic nitrogens is 2. The molecule has 0 aliphatic heterocycles. The van der Waals surface area contributed by atoms with Crippen molar-refractivity contribution < 1.29 is 13.5 Å². The summed E-state index contributed by atoms with van der Waals surface area (Å²) >= 11 is 1.53. The molecule has 1 aromatic carbocycles. The number of benzene rings is 1. The zero-order chi connectivity index (χ0) is 16.1. The van der Waals surface area contributed by atoms with Crippen molar-refractivity contribution in [3.05, 3.63) is 34.8 Å². The zero-order valence-electron chi connectivity index (χ0n) is 12.7. The van der Waals surface area contributed by atoms with Crippen molar-refractivity contribution in [2.75, 3.05) is 5.32 Å². The fourth-order valence-electron chi connectivity index (χ4n) is 1.98. The summed E-state index contributed by atoms with van der Waals surface area (Å²) in [6.45, 7) is 3.39. The van der Waals surface area contributed by atoms with Crippen molar-refractivity contribution in [1.29, 1.82) is 0 Å². The van der Waals surface area contributed by atoms with Gasteiger partial charge in [0.2, 0.25) is 5.13 Å². The van der Waals surface area contributed by atoms with E-state index in [9.17, 15) is 8.78 Å². The lowest BCUT2D eigenvalue weighted by molar-refractivity contribution is -0.0498. The summed E-state index contributed by atoms with van der Waals surface area (Å²) in [5, 5.41) is 13.4. The van der Waals surface area contributed by atoms with Crippen molar-refractivity contribution >= 4 is 16.5 Å². The first-order valence-electron chi connectivity index (χ1n) is 7.14. The number of anilines is 1. The first-order chi connectivity index (χ1) is 10.5. The maximum absolute atomic E-state index is 12.2. The highest BCUT2D eigenvalue weighted by molar-refractivity contribution is 7.15.